The van der Waals surface area contributed by atoms with Crippen LogP contribution in [0.4, 0.5) is 0 Å². The molecule has 0 unspecified atom stereocenters. The van der Waals surface area contributed by atoms with Crippen molar-refractivity contribution in [2.45, 2.75) is 0 Å². The summed E-state index contributed by atoms with van der Waals surface area (Å²) in [7, 11) is -4.45. The van der Waals surface area contributed by atoms with Crippen LogP contribution in [0.25, 0.3) is 10.8 Å². The molecule has 156 valence electrons. The second-order valence-corrected chi connectivity index (χ2v) is 15.5. The van der Waals surface area contributed by atoms with Gasteiger partial charge in [0.05, 0.1) is 0 Å². The Balaban J connectivity index is 1.86. The van der Waals surface area contributed by atoms with Crippen molar-refractivity contribution in [3.05, 3.63) is 146 Å². The predicted octanol–water partition coefficient (Wildman–Crippen LogP) is 4.87. The highest BCUT2D eigenvalue weighted by Gasteiger charge is 2.32. The van der Waals surface area contributed by atoms with Gasteiger partial charge in [0.2, 0.25) is 0 Å². The number of benzene rings is 4. The first-order chi connectivity index (χ1) is 15.6. The average Bonchev–Trinajstić information content (AvgIpc) is 2.87. The van der Waals surface area contributed by atoms with Crippen molar-refractivity contribution in [1.29, 1.82) is 0 Å². The van der Waals surface area contributed by atoms with Crippen LogP contribution in [-0.2, 0) is 0 Å². The number of hydrogen-bond acceptors (Lipinski definition) is 0. The molecule has 0 N–H and O–H groups in total. The lowest BCUT2D eigenvalue weighted by molar-refractivity contribution is 1.72. The van der Waals surface area contributed by atoms with Crippen LogP contribution in [0.5, 0.6) is 0 Å². The second kappa shape index (κ2) is 8.95. The zero-order chi connectivity index (χ0) is 22.6. The van der Waals surface area contributed by atoms with Gasteiger partial charge in [-0.1, -0.05) is 120 Å². The SMILES string of the molecule is C=C[Si](C=C)(c1ccccc1)c1ccc2cc([Si](C=C)(C=C)c3ccccc3)ccc2c1. The van der Waals surface area contributed by atoms with Crippen molar-refractivity contribution in [3.8, 4) is 0 Å². The Bertz CT molecular complexity index is 1170. The molecule has 0 fully saturated rings. The topological polar surface area (TPSA) is 0 Å². The highest BCUT2D eigenvalue weighted by atomic mass is 28.3. The highest BCUT2D eigenvalue weighted by molar-refractivity contribution is 7.10. The lowest BCUT2D eigenvalue weighted by Crippen LogP contribution is -2.56. The first kappa shape index (κ1) is 21.8. The van der Waals surface area contributed by atoms with E-state index < -0.39 is 16.1 Å². The van der Waals surface area contributed by atoms with Crippen molar-refractivity contribution < 1.29 is 0 Å². The molecule has 0 aliphatic carbocycles. The van der Waals surface area contributed by atoms with Crippen LogP contribution in [0.1, 0.15) is 0 Å². The van der Waals surface area contributed by atoms with E-state index in [-0.39, 0.29) is 0 Å². The summed E-state index contributed by atoms with van der Waals surface area (Å²) in [6.07, 6.45) is 0. The van der Waals surface area contributed by atoms with Gasteiger partial charge in [0, 0.05) is 0 Å². The quantitative estimate of drug-likeness (QED) is 0.340. The molecule has 4 rings (SSSR count). The lowest BCUT2D eigenvalue weighted by Gasteiger charge is -2.27. The van der Waals surface area contributed by atoms with E-state index in [0.29, 0.717) is 0 Å². The number of fused-ring (bicyclic) bond motifs is 1. The summed E-state index contributed by atoms with van der Waals surface area (Å²) in [6.45, 7) is 16.9. The summed E-state index contributed by atoms with van der Waals surface area (Å²) in [5, 5.41) is 7.66. The largest absolute Gasteiger partial charge is 0.164 e. The van der Waals surface area contributed by atoms with Crippen LogP contribution in [-0.4, -0.2) is 16.1 Å². The van der Waals surface area contributed by atoms with Gasteiger partial charge in [0.15, 0.2) is 16.1 Å². The zero-order valence-corrected chi connectivity index (χ0v) is 20.4. The van der Waals surface area contributed by atoms with Crippen LogP contribution in [0.15, 0.2) is 146 Å². The molecule has 2 heteroatoms. The molecule has 0 aliphatic rings. The molecule has 0 saturated heterocycles. The maximum atomic E-state index is 4.21. The van der Waals surface area contributed by atoms with E-state index in [1.807, 2.05) is 0 Å². The maximum Gasteiger partial charge on any atom is 0.164 e. The van der Waals surface area contributed by atoms with Crippen LogP contribution in [0, 0.1) is 0 Å². The summed E-state index contributed by atoms with van der Waals surface area (Å²) in [6, 6.07) is 34.9. The van der Waals surface area contributed by atoms with Crippen LogP contribution in [0.3, 0.4) is 0 Å². The fourth-order valence-electron chi connectivity index (χ4n) is 4.63. The van der Waals surface area contributed by atoms with Gasteiger partial charge in [-0.05, 0) is 31.5 Å². The van der Waals surface area contributed by atoms with E-state index >= 15 is 0 Å². The van der Waals surface area contributed by atoms with Crippen molar-refractivity contribution in [2.24, 2.45) is 0 Å². The zero-order valence-electron chi connectivity index (χ0n) is 18.4. The Morgan fingerprint density at radius 1 is 0.406 bits per heavy atom. The standard InChI is InChI=1S/C30H28Si2/c1-5-31(6-2,27-15-11-9-12-16-27)29-21-19-26-24-30(22-20-25(26)23-29)32(7-3,8-4)28-17-13-10-14-18-28/h5-24H,1-4H2. The molecule has 0 nitrogen and oxygen atoms in total. The third-order valence-electron chi connectivity index (χ3n) is 6.59. The summed E-state index contributed by atoms with van der Waals surface area (Å²) in [4.78, 5) is 0. The fourth-order valence-corrected chi connectivity index (χ4v) is 10.5. The molecule has 4 aromatic carbocycles. The molecule has 0 aromatic heterocycles. The minimum atomic E-state index is -2.23. The molecular formula is C30H28Si2. The van der Waals surface area contributed by atoms with E-state index in [2.05, 4.69) is 146 Å². The van der Waals surface area contributed by atoms with Crippen molar-refractivity contribution in [3.63, 3.8) is 0 Å². The Morgan fingerprint density at radius 2 is 0.750 bits per heavy atom. The summed E-state index contributed by atoms with van der Waals surface area (Å²) in [5.41, 5.74) is 8.47. The summed E-state index contributed by atoms with van der Waals surface area (Å²) in [5.74, 6) is 0. The molecular weight excluding hydrogens is 417 g/mol. The number of hydrogen-bond donors (Lipinski definition) is 0. The summed E-state index contributed by atoms with van der Waals surface area (Å²) < 4.78 is 0. The molecule has 0 saturated carbocycles. The molecule has 0 amide bonds. The van der Waals surface area contributed by atoms with E-state index in [9.17, 15) is 0 Å². The van der Waals surface area contributed by atoms with E-state index in [1.165, 1.54) is 31.5 Å². The Labute approximate surface area is 193 Å². The van der Waals surface area contributed by atoms with Gasteiger partial charge in [-0.15, -0.1) is 26.3 Å². The van der Waals surface area contributed by atoms with Crippen LogP contribution in [0.2, 0.25) is 0 Å². The molecule has 4 aromatic rings. The monoisotopic (exact) mass is 444 g/mol. The maximum absolute atomic E-state index is 4.21. The van der Waals surface area contributed by atoms with E-state index in [4.69, 9.17) is 0 Å². The van der Waals surface area contributed by atoms with Crippen molar-refractivity contribution in [2.75, 3.05) is 0 Å². The Hall–Kier alpha value is -3.47. The van der Waals surface area contributed by atoms with Gasteiger partial charge < -0.3 is 0 Å². The molecule has 32 heavy (non-hydrogen) atoms. The lowest BCUT2D eigenvalue weighted by atomic mass is 10.1. The van der Waals surface area contributed by atoms with Crippen molar-refractivity contribution >= 4 is 47.7 Å². The third-order valence-corrected chi connectivity index (χ3v) is 14.3. The van der Waals surface area contributed by atoms with Gasteiger partial charge >= 0.3 is 0 Å². The average molecular weight is 445 g/mol. The molecule has 0 aliphatic heterocycles. The summed E-state index contributed by atoms with van der Waals surface area (Å²) >= 11 is 0. The predicted molar refractivity (Wildman–Crippen MR) is 148 cm³/mol. The van der Waals surface area contributed by atoms with Crippen LogP contribution < -0.4 is 20.7 Å². The van der Waals surface area contributed by atoms with Gasteiger partial charge in [-0.25, -0.2) is 0 Å². The highest BCUT2D eigenvalue weighted by Crippen LogP contribution is 2.18. The molecule has 0 bridgehead atoms. The molecule has 0 atom stereocenters. The van der Waals surface area contributed by atoms with E-state index in [0.717, 1.165) is 0 Å². The first-order valence-electron chi connectivity index (χ1n) is 10.8. The Morgan fingerprint density at radius 3 is 1.06 bits per heavy atom. The minimum absolute atomic E-state index is 1.23. The minimum Gasteiger partial charge on any atom is -0.106 e. The van der Waals surface area contributed by atoms with Crippen LogP contribution >= 0.6 is 0 Å². The first-order valence-corrected chi connectivity index (χ1v) is 15.1. The second-order valence-electron chi connectivity index (χ2n) is 8.06. The Kier molecular flexibility index (Phi) is 6.09. The van der Waals surface area contributed by atoms with E-state index in [1.54, 1.807) is 0 Å². The third kappa shape index (κ3) is 3.48. The van der Waals surface area contributed by atoms with Gasteiger partial charge in [0.25, 0.3) is 0 Å². The van der Waals surface area contributed by atoms with Gasteiger partial charge in [-0.3, -0.25) is 0 Å². The smallest absolute Gasteiger partial charge is 0.106 e. The number of rotatable bonds is 8. The molecule has 0 radical (unpaired) electrons. The van der Waals surface area contributed by atoms with Gasteiger partial charge in [0.1, 0.15) is 0 Å². The van der Waals surface area contributed by atoms with Gasteiger partial charge in [-0.2, -0.15) is 0 Å². The molecule has 0 spiro atoms. The van der Waals surface area contributed by atoms with Crippen molar-refractivity contribution in [1.82, 2.24) is 0 Å². The molecule has 0 heterocycles. The normalized spacial score (nSPS) is 11.6. The fraction of sp³-hybridized carbons (Fsp3) is 0.